The van der Waals surface area contributed by atoms with Gasteiger partial charge in [0.25, 0.3) is 5.91 Å². The first-order valence-electron chi connectivity index (χ1n) is 12.4. The summed E-state index contributed by atoms with van der Waals surface area (Å²) in [6, 6.07) is 19.6. The maximum atomic E-state index is 13.5. The van der Waals surface area contributed by atoms with Crippen LogP contribution in [0.15, 0.2) is 72.8 Å². The number of aromatic nitrogens is 2. The molecule has 1 fully saturated rings. The van der Waals surface area contributed by atoms with Gasteiger partial charge in [-0.15, -0.1) is 0 Å². The van der Waals surface area contributed by atoms with Crippen LogP contribution in [0.3, 0.4) is 0 Å². The number of rotatable bonds is 6. The number of benzene rings is 3. The van der Waals surface area contributed by atoms with Crippen LogP contribution < -0.4 is 4.74 Å². The van der Waals surface area contributed by atoms with Crippen LogP contribution in [-0.2, 0) is 17.6 Å². The average molecular weight is 588 g/mol. The fraction of sp³-hybridized carbons (Fsp3) is 0.207. The maximum absolute atomic E-state index is 13.5. The third-order valence-electron chi connectivity index (χ3n) is 6.54. The Balaban J connectivity index is 1.37. The van der Waals surface area contributed by atoms with E-state index in [0.29, 0.717) is 37.2 Å². The molecule has 0 spiro atoms. The number of Topliss-reactive ketones (excluding diaryl/α,β-unsaturated/α-hetero) is 1. The summed E-state index contributed by atoms with van der Waals surface area (Å²) in [6.07, 6.45) is -3.97. The van der Waals surface area contributed by atoms with Crippen LogP contribution in [0.4, 0.5) is 13.2 Å². The van der Waals surface area contributed by atoms with E-state index in [9.17, 15) is 22.8 Å². The molecule has 1 amide bonds. The fourth-order valence-corrected chi connectivity index (χ4v) is 5.04. The number of halogens is 5. The van der Waals surface area contributed by atoms with E-state index in [-0.39, 0.29) is 39.7 Å². The van der Waals surface area contributed by atoms with Crippen LogP contribution in [-0.4, -0.2) is 39.5 Å². The number of amides is 1. The van der Waals surface area contributed by atoms with E-state index < -0.39 is 11.9 Å². The number of hydrogen-bond acceptors (Lipinski definition) is 4. The van der Waals surface area contributed by atoms with Crippen molar-refractivity contribution in [2.24, 2.45) is 0 Å². The molecule has 6 nitrogen and oxygen atoms in total. The van der Waals surface area contributed by atoms with E-state index in [2.05, 4.69) is 5.10 Å². The molecule has 11 heteroatoms. The monoisotopic (exact) mass is 587 g/mol. The fourth-order valence-electron chi connectivity index (χ4n) is 4.48. The van der Waals surface area contributed by atoms with Gasteiger partial charge in [-0.2, -0.15) is 18.3 Å². The van der Waals surface area contributed by atoms with Crippen molar-refractivity contribution in [2.45, 2.75) is 25.6 Å². The number of likely N-dealkylation sites (tertiary alicyclic amines) is 1. The predicted octanol–water partition coefficient (Wildman–Crippen LogP) is 7.25. The van der Waals surface area contributed by atoms with E-state index in [1.807, 2.05) is 12.1 Å². The second kappa shape index (κ2) is 11.3. The van der Waals surface area contributed by atoms with E-state index in [0.717, 1.165) is 21.9 Å². The summed E-state index contributed by atoms with van der Waals surface area (Å²) >= 11 is 12.5. The molecule has 0 atom stereocenters. The average Bonchev–Trinajstić information content (AvgIpc) is 3.37. The topological polar surface area (TPSA) is 64.4 Å². The summed E-state index contributed by atoms with van der Waals surface area (Å²) in [5.41, 5.74) is 1.12. The molecule has 0 aliphatic carbocycles. The molecule has 1 aliphatic heterocycles. The molecular weight excluding hydrogens is 566 g/mol. The van der Waals surface area contributed by atoms with E-state index in [1.54, 1.807) is 47.4 Å². The summed E-state index contributed by atoms with van der Waals surface area (Å²) < 4.78 is 47.3. The van der Waals surface area contributed by atoms with Gasteiger partial charge in [0.15, 0.2) is 5.69 Å². The van der Waals surface area contributed by atoms with E-state index in [4.69, 9.17) is 27.9 Å². The molecule has 0 bridgehead atoms. The number of ketones is 1. The summed E-state index contributed by atoms with van der Waals surface area (Å²) in [5.74, 6) is 0.407. The molecule has 0 N–H and O–H groups in total. The van der Waals surface area contributed by atoms with Gasteiger partial charge in [-0.25, -0.2) is 4.68 Å². The Labute approximate surface area is 237 Å². The molecule has 0 saturated carbocycles. The van der Waals surface area contributed by atoms with Crippen molar-refractivity contribution in [2.75, 3.05) is 13.1 Å². The third kappa shape index (κ3) is 5.85. The van der Waals surface area contributed by atoms with E-state index in [1.165, 1.54) is 12.1 Å². The molecule has 1 saturated heterocycles. The Morgan fingerprint density at radius 1 is 0.925 bits per heavy atom. The second-order valence-corrected chi connectivity index (χ2v) is 10.0. The van der Waals surface area contributed by atoms with Crippen molar-refractivity contribution in [1.29, 1.82) is 0 Å². The Bertz CT molecular complexity index is 1540. The number of alkyl halides is 3. The van der Waals surface area contributed by atoms with Crippen LogP contribution in [0.1, 0.15) is 34.6 Å². The first-order valence-corrected chi connectivity index (χ1v) is 13.1. The number of ether oxygens (including phenoxy) is 1. The van der Waals surface area contributed by atoms with Crippen molar-refractivity contribution >= 4 is 34.9 Å². The highest BCUT2D eigenvalue weighted by Crippen LogP contribution is 2.34. The zero-order valence-electron chi connectivity index (χ0n) is 20.9. The Morgan fingerprint density at radius 3 is 2.23 bits per heavy atom. The predicted molar refractivity (Wildman–Crippen MR) is 145 cm³/mol. The van der Waals surface area contributed by atoms with Crippen LogP contribution in [0.25, 0.3) is 16.8 Å². The van der Waals surface area contributed by atoms with Gasteiger partial charge in [-0.05, 0) is 47.5 Å². The van der Waals surface area contributed by atoms with E-state index >= 15 is 0 Å². The number of para-hydroxylation sites is 1. The number of hydrogen-bond donors (Lipinski definition) is 0. The van der Waals surface area contributed by atoms with Gasteiger partial charge in [-0.1, -0.05) is 59.6 Å². The molecule has 1 aromatic heterocycles. The van der Waals surface area contributed by atoms with Crippen LogP contribution in [0.5, 0.6) is 5.75 Å². The highest BCUT2D eigenvalue weighted by Gasteiger charge is 2.35. The Kier molecular flexibility index (Phi) is 7.87. The molecule has 40 heavy (non-hydrogen) atoms. The normalized spacial score (nSPS) is 13.9. The first-order chi connectivity index (χ1) is 19.1. The zero-order chi connectivity index (χ0) is 28.4. The number of carbonyl (C=O) groups excluding carboxylic acids is 2. The minimum Gasteiger partial charge on any atom is -0.487 e. The number of nitrogens with zero attached hydrogens (tertiary/aromatic N) is 3. The van der Waals surface area contributed by atoms with Gasteiger partial charge in [0.2, 0.25) is 0 Å². The number of carbonyl (C=O) groups is 2. The first kappa shape index (κ1) is 27.7. The lowest BCUT2D eigenvalue weighted by Gasteiger charge is -2.27. The molecular formula is C29H22Cl2F3N3O3. The molecule has 5 rings (SSSR count). The van der Waals surface area contributed by atoms with Gasteiger partial charge in [0.1, 0.15) is 23.8 Å². The quantitative estimate of drug-likeness (QED) is 0.238. The molecule has 2 heterocycles. The maximum Gasteiger partial charge on any atom is 0.435 e. The lowest BCUT2D eigenvalue weighted by Crippen LogP contribution is -2.38. The summed E-state index contributed by atoms with van der Waals surface area (Å²) in [4.78, 5) is 26.4. The van der Waals surface area contributed by atoms with Crippen LogP contribution >= 0.6 is 23.2 Å². The highest BCUT2D eigenvalue weighted by atomic mass is 35.5. The zero-order valence-corrected chi connectivity index (χ0v) is 22.4. The minimum atomic E-state index is -4.68. The minimum absolute atomic E-state index is 0.0994. The summed E-state index contributed by atoms with van der Waals surface area (Å²) in [5, 5.41) is 3.97. The summed E-state index contributed by atoms with van der Waals surface area (Å²) in [7, 11) is 0. The van der Waals surface area contributed by atoms with Crippen molar-refractivity contribution in [3.05, 3.63) is 99.8 Å². The molecule has 3 aromatic carbocycles. The Morgan fingerprint density at radius 2 is 1.57 bits per heavy atom. The molecule has 0 radical (unpaired) electrons. The van der Waals surface area contributed by atoms with Gasteiger partial charge < -0.3 is 9.64 Å². The van der Waals surface area contributed by atoms with Crippen molar-refractivity contribution in [3.8, 4) is 22.6 Å². The van der Waals surface area contributed by atoms with Crippen molar-refractivity contribution < 1.29 is 27.5 Å². The van der Waals surface area contributed by atoms with Gasteiger partial charge >= 0.3 is 6.18 Å². The number of piperidine rings is 1. The SMILES string of the molecule is O=C1CCN(C(=O)c2ccccc2-c2ccc(OCc3cc(C(F)(F)F)nn3-c3c(Cl)cccc3Cl)cc2)CC1. The molecule has 0 unspecified atom stereocenters. The van der Waals surface area contributed by atoms with Crippen molar-refractivity contribution in [3.63, 3.8) is 0 Å². The van der Waals surface area contributed by atoms with Gasteiger partial charge in [0.05, 0.1) is 15.7 Å². The molecule has 1 aliphatic rings. The van der Waals surface area contributed by atoms with Gasteiger partial charge in [0, 0.05) is 31.5 Å². The molecule has 4 aromatic rings. The lowest BCUT2D eigenvalue weighted by atomic mass is 9.98. The second-order valence-electron chi connectivity index (χ2n) is 9.19. The highest BCUT2D eigenvalue weighted by molar-refractivity contribution is 6.37. The van der Waals surface area contributed by atoms with Crippen LogP contribution in [0, 0.1) is 0 Å². The summed E-state index contributed by atoms with van der Waals surface area (Å²) in [6.45, 7) is 0.544. The Hall–Kier alpha value is -3.82. The largest absolute Gasteiger partial charge is 0.487 e. The smallest absolute Gasteiger partial charge is 0.435 e. The lowest BCUT2D eigenvalue weighted by molar-refractivity contribution is -0.141. The van der Waals surface area contributed by atoms with Crippen LogP contribution in [0.2, 0.25) is 10.0 Å². The van der Waals surface area contributed by atoms with Crippen molar-refractivity contribution in [1.82, 2.24) is 14.7 Å². The molecule has 206 valence electrons. The third-order valence-corrected chi connectivity index (χ3v) is 7.15. The van der Waals surface area contributed by atoms with Gasteiger partial charge in [-0.3, -0.25) is 9.59 Å². The standard InChI is InChI=1S/C29H22Cl2F3N3O3/c30-24-6-3-7-25(31)27(24)37-19(16-26(35-37)29(32,33)34)17-40-21-10-8-18(9-11-21)22-4-1-2-5-23(22)28(39)36-14-12-20(38)13-15-36/h1-11,16H,12-15,17H2.